The molecule has 0 aromatic heterocycles. The fourth-order valence-corrected chi connectivity index (χ4v) is 3.50. The van der Waals surface area contributed by atoms with Crippen molar-refractivity contribution in [3.63, 3.8) is 0 Å². The van der Waals surface area contributed by atoms with Crippen molar-refractivity contribution in [2.24, 2.45) is 10.8 Å². The molecule has 0 amide bonds. The van der Waals surface area contributed by atoms with Gasteiger partial charge < -0.3 is 0 Å². The summed E-state index contributed by atoms with van der Waals surface area (Å²) in [7, 11) is 0. The first-order valence-electron chi connectivity index (χ1n) is 6.46. The Hall–Kier alpha value is -0.390. The molecular formula is C15H25+. The number of hydrogen-bond acceptors (Lipinski definition) is 0. The summed E-state index contributed by atoms with van der Waals surface area (Å²) in [6.45, 7) is 9.74. The lowest BCUT2D eigenvalue weighted by molar-refractivity contribution is 0.136. The van der Waals surface area contributed by atoms with Crippen molar-refractivity contribution in [1.29, 1.82) is 0 Å². The molecule has 0 aliphatic heterocycles. The van der Waals surface area contributed by atoms with Crippen molar-refractivity contribution in [2.75, 3.05) is 0 Å². The first kappa shape index (κ1) is 11.1. The second kappa shape index (κ2) is 3.57. The minimum absolute atomic E-state index is 0.518. The van der Waals surface area contributed by atoms with Gasteiger partial charge in [-0.1, -0.05) is 19.4 Å². The Morgan fingerprint density at radius 1 is 1.20 bits per heavy atom. The average molecular weight is 205 g/mol. The Balaban J connectivity index is 2.16. The van der Waals surface area contributed by atoms with E-state index in [4.69, 9.17) is 0 Å². The van der Waals surface area contributed by atoms with Gasteiger partial charge in [-0.25, -0.2) is 0 Å². The molecule has 2 rings (SSSR count). The van der Waals surface area contributed by atoms with Crippen LogP contribution in [0, 0.1) is 16.7 Å². The third-order valence-corrected chi connectivity index (χ3v) is 5.27. The van der Waals surface area contributed by atoms with Gasteiger partial charge in [0.1, 0.15) is 17.8 Å². The second-order valence-electron chi connectivity index (χ2n) is 6.43. The molecule has 0 spiro atoms. The van der Waals surface area contributed by atoms with E-state index in [1.165, 1.54) is 38.5 Å². The van der Waals surface area contributed by atoms with E-state index in [-0.39, 0.29) is 0 Å². The van der Waals surface area contributed by atoms with Crippen LogP contribution in [0.5, 0.6) is 0 Å². The van der Waals surface area contributed by atoms with Crippen LogP contribution in [0.4, 0.5) is 0 Å². The quantitative estimate of drug-likeness (QED) is 0.421. The molecule has 0 heteroatoms. The van der Waals surface area contributed by atoms with Crippen molar-refractivity contribution < 1.29 is 0 Å². The van der Waals surface area contributed by atoms with Crippen LogP contribution in [0.25, 0.3) is 0 Å². The van der Waals surface area contributed by atoms with Crippen LogP contribution in [-0.2, 0) is 0 Å². The van der Waals surface area contributed by atoms with Crippen molar-refractivity contribution >= 4 is 0 Å². The Morgan fingerprint density at radius 3 is 2.40 bits per heavy atom. The summed E-state index contributed by atoms with van der Waals surface area (Å²) in [4.78, 5) is 0. The molecule has 15 heavy (non-hydrogen) atoms. The van der Waals surface area contributed by atoms with Crippen molar-refractivity contribution in [1.82, 2.24) is 0 Å². The van der Waals surface area contributed by atoms with Crippen LogP contribution in [-0.4, -0.2) is 0 Å². The molecule has 0 N–H and O–H groups in total. The van der Waals surface area contributed by atoms with Crippen LogP contribution >= 0.6 is 0 Å². The molecule has 84 valence electrons. The molecule has 0 heterocycles. The first-order chi connectivity index (χ1) is 6.96. The molecule has 1 saturated carbocycles. The number of rotatable bonds is 1. The predicted molar refractivity (Wildman–Crippen MR) is 66.6 cm³/mol. The smallest absolute Gasteiger partial charge is 0.0689 e. The maximum atomic E-state index is 2.52. The van der Waals surface area contributed by atoms with Crippen LogP contribution in [0.15, 0.2) is 11.6 Å². The molecule has 0 nitrogen and oxygen atoms in total. The Morgan fingerprint density at radius 2 is 1.93 bits per heavy atom. The second-order valence-corrected chi connectivity index (χ2v) is 6.43. The van der Waals surface area contributed by atoms with E-state index in [1.54, 1.807) is 5.57 Å². The average Bonchev–Trinajstić information content (AvgIpc) is 2.43. The van der Waals surface area contributed by atoms with E-state index >= 15 is 0 Å². The van der Waals surface area contributed by atoms with Gasteiger partial charge in [0.05, 0.1) is 6.42 Å². The fourth-order valence-electron chi connectivity index (χ4n) is 3.50. The van der Waals surface area contributed by atoms with Gasteiger partial charge in [0.2, 0.25) is 0 Å². The summed E-state index contributed by atoms with van der Waals surface area (Å²) in [5.74, 6) is 1.83. The molecule has 0 aromatic rings. The molecule has 0 radical (unpaired) electrons. The van der Waals surface area contributed by atoms with Crippen molar-refractivity contribution in [2.45, 2.75) is 66.2 Å². The Bertz CT molecular complexity index is 272. The monoisotopic (exact) mass is 205 g/mol. The summed E-state index contributed by atoms with van der Waals surface area (Å²) >= 11 is 0. The molecule has 0 bridgehead atoms. The molecular weight excluding hydrogens is 180 g/mol. The minimum atomic E-state index is 0.518. The van der Waals surface area contributed by atoms with Crippen LogP contribution in [0.1, 0.15) is 66.2 Å². The van der Waals surface area contributed by atoms with Gasteiger partial charge in [-0.15, -0.1) is 0 Å². The van der Waals surface area contributed by atoms with Gasteiger partial charge in [0, 0.05) is 11.8 Å². The molecule has 0 unspecified atom stereocenters. The van der Waals surface area contributed by atoms with E-state index in [2.05, 4.69) is 33.8 Å². The highest BCUT2D eigenvalue weighted by Gasteiger charge is 2.57. The minimum Gasteiger partial charge on any atom is -0.0689 e. The van der Waals surface area contributed by atoms with Gasteiger partial charge in [-0.2, -0.15) is 0 Å². The molecule has 1 atom stereocenters. The predicted octanol–water partition coefficient (Wildman–Crippen LogP) is 4.91. The van der Waals surface area contributed by atoms with Gasteiger partial charge in [-0.3, -0.25) is 0 Å². The zero-order valence-electron chi connectivity index (χ0n) is 10.8. The zero-order chi connectivity index (χ0) is 11.1. The maximum Gasteiger partial charge on any atom is 0.113 e. The molecule has 0 aromatic carbocycles. The van der Waals surface area contributed by atoms with Crippen LogP contribution < -0.4 is 0 Å². The Labute approximate surface area is 95.1 Å². The SMILES string of the molecule is CC1=CC[C+]([C@]2(C)CCCC2(C)C)CC1. The van der Waals surface area contributed by atoms with Crippen molar-refractivity contribution in [3.8, 4) is 0 Å². The van der Waals surface area contributed by atoms with E-state index in [0.29, 0.717) is 10.8 Å². The normalized spacial score (nSPS) is 35.5. The van der Waals surface area contributed by atoms with Gasteiger partial charge in [0.15, 0.2) is 0 Å². The van der Waals surface area contributed by atoms with E-state index < -0.39 is 0 Å². The van der Waals surface area contributed by atoms with Gasteiger partial charge >= 0.3 is 0 Å². The maximum absolute atomic E-state index is 2.52. The van der Waals surface area contributed by atoms with Crippen LogP contribution in [0.3, 0.4) is 0 Å². The van der Waals surface area contributed by atoms with E-state index in [9.17, 15) is 0 Å². The molecule has 1 fully saturated rings. The highest BCUT2D eigenvalue weighted by Crippen LogP contribution is 2.60. The van der Waals surface area contributed by atoms with Crippen LogP contribution in [0.2, 0.25) is 0 Å². The van der Waals surface area contributed by atoms with Gasteiger partial charge in [-0.05, 0) is 39.2 Å². The fraction of sp³-hybridized carbons (Fsp3) is 0.800. The standard InChI is InChI=1S/C15H25/c1-12-6-8-13(9-7-12)15(4)11-5-10-14(15,2)3/h6H,5,7-11H2,1-4H3/q+1/t15-/m0/s1. The third kappa shape index (κ3) is 1.73. The summed E-state index contributed by atoms with van der Waals surface area (Å²) in [6, 6.07) is 0. The highest BCUT2D eigenvalue weighted by atomic mass is 14.5. The number of hydrogen-bond donors (Lipinski definition) is 0. The summed E-state index contributed by atoms with van der Waals surface area (Å²) < 4.78 is 0. The van der Waals surface area contributed by atoms with E-state index in [1.807, 2.05) is 5.92 Å². The molecule has 0 saturated heterocycles. The zero-order valence-corrected chi connectivity index (χ0v) is 10.8. The van der Waals surface area contributed by atoms with Gasteiger partial charge in [0.25, 0.3) is 0 Å². The largest absolute Gasteiger partial charge is 0.113 e. The third-order valence-electron chi connectivity index (χ3n) is 5.27. The topological polar surface area (TPSA) is 0 Å². The summed E-state index contributed by atoms with van der Waals surface area (Å²) in [5.41, 5.74) is 2.64. The first-order valence-corrected chi connectivity index (χ1v) is 6.46. The van der Waals surface area contributed by atoms with Crippen molar-refractivity contribution in [3.05, 3.63) is 17.6 Å². The number of allylic oxidation sites excluding steroid dienone is 2. The molecule has 2 aliphatic carbocycles. The lowest BCUT2D eigenvalue weighted by atomic mass is 9.59. The summed E-state index contributed by atoms with van der Waals surface area (Å²) in [5, 5.41) is 0. The van der Waals surface area contributed by atoms with E-state index in [0.717, 1.165) is 0 Å². The summed E-state index contributed by atoms with van der Waals surface area (Å²) in [6.07, 6.45) is 10.6. The lowest BCUT2D eigenvalue weighted by Crippen LogP contribution is -2.36. The highest BCUT2D eigenvalue weighted by molar-refractivity contribution is 5.21. The molecule has 2 aliphatic rings. The lowest BCUT2D eigenvalue weighted by Gasteiger charge is -2.37. The Kier molecular flexibility index (Phi) is 2.65.